The van der Waals surface area contributed by atoms with Crippen LogP contribution in [0.2, 0.25) is 0 Å². The molecule has 4 aromatic rings. The molecule has 36 heavy (non-hydrogen) atoms. The van der Waals surface area contributed by atoms with E-state index in [1.807, 2.05) is 42.1 Å². The van der Waals surface area contributed by atoms with E-state index in [0.717, 1.165) is 28.6 Å². The van der Waals surface area contributed by atoms with Crippen LogP contribution in [-0.4, -0.2) is 41.5 Å². The van der Waals surface area contributed by atoms with Gasteiger partial charge in [-0.15, -0.1) is 0 Å². The van der Waals surface area contributed by atoms with Crippen LogP contribution >= 0.6 is 0 Å². The lowest BCUT2D eigenvalue weighted by Crippen LogP contribution is -2.47. The first-order valence-electron chi connectivity index (χ1n) is 11.6. The molecule has 3 aromatic carbocycles. The lowest BCUT2D eigenvalue weighted by molar-refractivity contribution is -0.119. The summed E-state index contributed by atoms with van der Waals surface area (Å²) in [6.45, 7) is 0.530. The largest absolute Gasteiger partial charge is 0.383 e. The van der Waals surface area contributed by atoms with Gasteiger partial charge in [0.15, 0.2) is 0 Å². The number of carbonyl (C=O) groups is 2. The highest BCUT2D eigenvalue weighted by molar-refractivity contribution is 6.05. The zero-order valence-electron chi connectivity index (χ0n) is 19.9. The molecule has 0 spiro atoms. The molecule has 184 valence electrons. The van der Waals surface area contributed by atoms with Gasteiger partial charge in [0.2, 0.25) is 5.91 Å². The smallest absolute Gasteiger partial charge is 0.254 e. The standard InChI is InChI=1S/C28H25F2N3O3/c1-32-16-21(18-7-5-6-10-24(18)32)26-25(27(34)31-23-12-11-17(29)15-22(23)30)19-8-3-4-9-20(19)28(35)33(26)13-14-36-2/h3-12,15-16,25-26H,13-14H2,1-2H3,(H,31,34)/t25-,26+/m1/s1. The number of amides is 2. The Hall–Kier alpha value is -4.04. The Bertz CT molecular complexity index is 1470. The Morgan fingerprint density at radius 1 is 1.03 bits per heavy atom. The van der Waals surface area contributed by atoms with Crippen LogP contribution in [0.5, 0.6) is 0 Å². The summed E-state index contributed by atoms with van der Waals surface area (Å²) >= 11 is 0. The van der Waals surface area contributed by atoms with Crippen molar-refractivity contribution in [2.45, 2.75) is 12.0 Å². The number of nitrogens with one attached hydrogen (secondary N) is 1. The molecule has 5 rings (SSSR count). The van der Waals surface area contributed by atoms with Gasteiger partial charge in [-0.05, 0) is 29.8 Å². The average molecular weight is 490 g/mol. The van der Waals surface area contributed by atoms with Gasteiger partial charge in [-0.2, -0.15) is 0 Å². The lowest BCUT2D eigenvalue weighted by Gasteiger charge is -2.41. The Morgan fingerprint density at radius 3 is 2.56 bits per heavy atom. The zero-order chi connectivity index (χ0) is 25.4. The van der Waals surface area contributed by atoms with Gasteiger partial charge in [0.25, 0.3) is 5.91 Å². The first-order chi connectivity index (χ1) is 17.4. The highest BCUT2D eigenvalue weighted by Gasteiger charge is 2.45. The number of para-hydroxylation sites is 1. The Balaban J connectivity index is 1.69. The Morgan fingerprint density at radius 2 is 1.78 bits per heavy atom. The number of nitrogens with zero attached hydrogens (tertiary/aromatic N) is 2. The molecule has 0 saturated carbocycles. The van der Waals surface area contributed by atoms with Crippen LogP contribution in [0.15, 0.2) is 72.9 Å². The van der Waals surface area contributed by atoms with Crippen molar-refractivity contribution in [1.29, 1.82) is 0 Å². The van der Waals surface area contributed by atoms with Crippen LogP contribution in [0.1, 0.15) is 33.4 Å². The summed E-state index contributed by atoms with van der Waals surface area (Å²) in [5.41, 5.74) is 2.58. The van der Waals surface area contributed by atoms with Crippen molar-refractivity contribution in [1.82, 2.24) is 9.47 Å². The maximum Gasteiger partial charge on any atom is 0.254 e. The molecule has 1 N–H and O–H groups in total. The number of methoxy groups -OCH3 is 1. The summed E-state index contributed by atoms with van der Waals surface area (Å²) in [5.74, 6) is -3.18. The van der Waals surface area contributed by atoms with Gasteiger partial charge in [-0.25, -0.2) is 8.78 Å². The fraction of sp³-hybridized carbons (Fsp3) is 0.214. The molecule has 0 saturated heterocycles. The van der Waals surface area contributed by atoms with Crippen LogP contribution in [0.3, 0.4) is 0 Å². The fourth-order valence-corrected chi connectivity index (χ4v) is 5.07. The molecule has 1 aliphatic rings. The van der Waals surface area contributed by atoms with Gasteiger partial charge in [-0.1, -0.05) is 36.4 Å². The summed E-state index contributed by atoms with van der Waals surface area (Å²) in [7, 11) is 3.46. The number of rotatable bonds is 6. The van der Waals surface area contributed by atoms with E-state index in [1.165, 1.54) is 6.07 Å². The Kier molecular flexibility index (Phi) is 6.28. The highest BCUT2D eigenvalue weighted by atomic mass is 19.1. The first-order valence-corrected chi connectivity index (χ1v) is 11.6. The SMILES string of the molecule is COCCN1C(=O)c2ccccc2[C@@H](C(=O)Nc2ccc(F)cc2F)[C@@H]1c1cn(C)c2ccccc12. The molecule has 1 aliphatic heterocycles. The normalized spacial score (nSPS) is 17.3. The summed E-state index contributed by atoms with van der Waals surface area (Å²) in [4.78, 5) is 29.2. The number of benzene rings is 3. The summed E-state index contributed by atoms with van der Waals surface area (Å²) in [6.07, 6.45) is 1.93. The lowest BCUT2D eigenvalue weighted by atomic mass is 9.79. The summed E-state index contributed by atoms with van der Waals surface area (Å²) in [5, 5.41) is 3.55. The molecule has 0 aliphatic carbocycles. The maximum atomic E-state index is 14.5. The third-order valence-corrected chi connectivity index (χ3v) is 6.69. The molecular formula is C28H25F2N3O3. The van der Waals surface area contributed by atoms with E-state index >= 15 is 0 Å². The molecule has 0 fully saturated rings. The van der Waals surface area contributed by atoms with E-state index in [1.54, 1.807) is 36.3 Å². The summed E-state index contributed by atoms with van der Waals surface area (Å²) < 4.78 is 35.2. The van der Waals surface area contributed by atoms with Crippen LogP contribution in [0.4, 0.5) is 14.5 Å². The number of anilines is 1. The highest BCUT2D eigenvalue weighted by Crippen LogP contribution is 2.45. The maximum absolute atomic E-state index is 14.5. The number of carbonyl (C=O) groups excluding carboxylic acids is 2. The van der Waals surface area contributed by atoms with Gasteiger partial charge in [0, 0.05) is 55.0 Å². The number of hydrogen-bond acceptors (Lipinski definition) is 3. The molecule has 2 atom stereocenters. The van der Waals surface area contributed by atoms with Crippen LogP contribution < -0.4 is 5.32 Å². The summed E-state index contributed by atoms with van der Waals surface area (Å²) in [6, 6.07) is 17.1. The van der Waals surface area contributed by atoms with Gasteiger partial charge in [0.1, 0.15) is 11.6 Å². The van der Waals surface area contributed by atoms with Crippen molar-refractivity contribution < 1.29 is 23.1 Å². The molecule has 6 nitrogen and oxygen atoms in total. The van der Waals surface area contributed by atoms with Crippen molar-refractivity contribution >= 4 is 28.4 Å². The monoisotopic (exact) mass is 489 g/mol. The molecule has 0 unspecified atom stereocenters. The second-order valence-electron chi connectivity index (χ2n) is 8.83. The van der Waals surface area contributed by atoms with E-state index in [2.05, 4.69) is 5.32 Å². The van der Waals surface area contributed by atoms with Crippen molar-refractivity contribution in [3.05, 3.63) is 101 Å². The van der Waals surface area contributed by atoms with Crippen molar-refractivity contribution in [3.63, 3.8) is 0 Å². The minimum Gasteiger partial charge on any atom is -0.383 e. The van der Waals surface area contributed by atoms with E-state index in [-0.39, 0.29) is 24.7 Å². The van der Waals surface area contributed by atoms with Crippen molar-refractivity contribution in [2.24, 2.45) is 7.05 Å². The Labute approximate surface area is 207 Å². The van der Waals surface area contributed by atoms with Gasteiger partial charge < -0.3 is 19.5 Å². The van der Waals surface area contributed by atoms with E-state index in [0.29, 0.717) is 11.1 Å². The number of hydrogen-bond donors (Lipinski definition) is 1. The third kappa shape index (κ3) is 4.03. The van der Waals surface area contributed by atoms with Crippen LogP contribution in [-0.2, 0) is 16.6 Å². The minimum atomic E-state index is -0.874. The average Bonchev–Trinajstić information content (AvgIpc) is 3.21. The predicted molar refractivity (Wildman–Crippen MR) is 133 cm³/mol. The van der Waals surface area contributed by atoms with Gasteiger partial charge in [0.05, 0.1) is 24.3 Å². The van der Waals surface area contributed by atoms with Gasteiger partial charge in [-0.3, -0.25) is 9.59 Å². The molecule has 0 radical (unpaired) electrons. The molecule has 8 heteroatoms. The fourth-order valence-electron chi connectivity index (χ4n) is 5.07. The number of ether oxygens (including phenoxy) is 1. The molecule has 2 amide bonds. The van der Waals surface area contributed by atoms with E-state index < -0.39 is 29.5 Å². The molecule has 1 aromatic heterocycles. The van der Waals surface area contributed by atoms with E-state index in [4.69, 9.17) is 4.74 Å². The number of aromatic nitrogens is 1. The second kappa shape index (κ2) is 9.54. The van der Waals surface area contributed by atoms with Crippen molar-refractivity contribution in [2.75, 3.05) is 25.6 Å². The number of aryl methyl sites for hydroxylation is 1. The quantitative estimate of drug-likeness (QED) is 0.414. The number of halogens is 2. The molecule has 0 bridgehead atoms. The third-order valence-electron chi connectivity index (χ3n) is 6.69. The van der Waals surface area contributed by atoms with Gasteiger partial charge >= 0.3 is 0 Å². The number of fused-ring (bicyclic) bond motifs is 2. The van der Waals surface area contributed by atoms with Crippen LogP contribution in [0, 0.1) is 11.6 Å². The predicted octanol–water partition coefficient (Wildman–Crippen LogP) is 5.02. The topological polar surface area (TPSA) is 63.6 Å². The molecular weight excluding hydrogens is 464 g/mol. The van der Waals surface area contributed by atoms with E-state index in [9.17, 15) is 18.4 Å². The second-order valence-corrected chi connectivity index (χ2v) is 8.83. The van der Waals surface area contributed by atoms with Crippen LogP contribution in [0.25, 0.3) is 10.9 Å². The minimum absolute atomic E-state index is 0.129. The molecule has 2 heterocycles. The first kappa shape index (κ1) is 23.7. The zero-order valence-corrected chi connectivity index (χ0v) is 19.9. The van der Waals surface area contributed by atoms with Crippen molar-refractivity contribution in [3.8, 4) is 0 Å².